The number of fused-ring (bicyclic) bond motifs is 1. The molecule has 0 atom stereocenters. The predicted molar refractivity (Wildman–Crippen MR) is 89.9 cm³/mol. The Kier molecular flexibility index (Phi) is 5.87. The number of aromatic nitrogens is 1. The highest BCUT2D eigenvalue weighted by Crippen LogP contribution is 2.17. The lowest BCUT2D eigenvalue weighted by molar-refractivity contribution is -0.138. The quantitative estimate of drug-likeness (QED) is 0.289. The number of hydrogen-bond acceptors (Lipinski definition) is 7. The Bertz CT molecular complexity index is 972. The van der Waals surface area contributed by atoms with Gasteiger partial charge < -0.3 is 9.84 Å². The number of nitrogens with zero attached hydrogens (tertiary/aromatic N) is 4. The molecule has 0 aliphatic carbocycles. The van der Waals surface area contributed by atoms with Crippen LogP contribution in [0.15, 0.2) is 56.9 Å². The molecule has 2 rings (SSSR count). The van der Waals surface area contributed by atoms with E-state index in [0.717, 1.165) is 0 Å². The molecule has 0 saturated heterocycles. The zero-order valence-electron chi connectivity index (χ0n) is 13.1. The maximum atomic E-state index is 12.4. The molecule has 25 heavy (non-hydrogen) atoms. The Balaban J connectivity index is 2.57. The molecule has 2 aromatic heterocycles. The Morgan fingerprint density at radius 1 is 1.48 bits per heavy atom. The number of azo groups is 1. The summed E-state index contributed by atoms with van der Waals surface area (Å²) in [7, 11) is 0. The van der Waals surface area contributed by atoms with Crippen molar-refractivity contribution in [2.45, 2.75) is 6.92 Å². The highest BCUT2D eigenvalue weighted by Gasteiger charge is 2.17. The van der Waals surface area contributed by atoms with Gasteiger partial charge in [0.25, 0.3) is 5.56 Å². The molecule has 0 aliphatic heterocycles. The van der Waals surface area contributed by atoms with Gasteiger partial charge in [-0.2, -0.15) is 5.26 Å². The van der Waals surface area contributed by atoms with Gasteiger partial charge in [-0.15, -0.1) is 21.8 Å². The zero-order chi connectivity index (χ0) is 18.4. The maximum absolute atomic E-state index is 12.4. The van der Waals surface area contributed by atoms with Crippen molar-refractivity contribution in [1.29, 1.82) is 5.26 Å². The number of aliphatic hydroxyl groups excluding tert-OH is 1. The van der Waals surface area contributed by atoms with E-state index < -0.39 is 23.0 Å². The van der Waals surface area contributed by atoms with E-state index in [9.17, 15) is 20.0 Å². The fourth-order valence-electron chi connectivity index (χ4n) is 1.98. The average molecular weight is 361 g/mol. The van der Waals surface area contributed by atoms with Crippen LogP contribution < -0.4 is 5.56 Å². The first kappa shape index (κ1) is 18.2. The molecule has 8 nitrogen and oxygen atoms in total. The molecular formula is C16H13ClN4O4. The van der Waals surface area contributed by atoms with Gasteiger partial charge in [-0.25, -0.2) is 4.79 Å². The van der Waals surface area contributed by atoms with Crippen molar-refractivity contribution in [2.24, 2.45) is 10.2 Å². The molecule has 0 spiro atoms. The minimum Gasteiger partial charge on any atom is -0.508 e. The number of carbonyl (C=O) groups excluding carboxylic acids is 1. The highest BCUT2D eigenvalue weighted by atomic mass is 35.5. The van der Waals surface area contributed by atoms with Crippen molar-refractivity contribution in [3.63, 3.8) is 0 Å². The summed E-state index contributed by atoms with van der Waals surface area (Å²) >= 11 is 5.50. The van der Waals surface area contributed by atoms with Gasteiger partial charge in [0.15, 0.2) is 5.69 Å². The van der Waals surface area contributed by atoms with Crippen molar-refractivity contribution in [3.8, 4) is 6.07 Å². The third-order valence-corrected chi connectivity index (χ3v) is 3.35. The number of allylic oxidation sites excluding steroid dienone is 1. The van der Waals surface area contributed by atoms with Crippen molar-refractivity contribution in [1.82, 2.24) is 4.40 Å². The second kappa shape index (κ2) is 8.08. The van der Waals surface area contributed by atoms with Gasteiger partial charge in [0, 0.05) is 6.20 Å². The fourth-order valence-corrected chi connectivity index (χ4v) is 2.11. The molecule has 128 valence electrons. The molecule has 0 radical (unpaired) electrons. The highest BCUT2D eigenvalue weighted by molar-refractivity contribution is 6.19. The van der Waals surface area contributed by atoms with Gasteiger partial charge in [-0.1, -0.05) is 6.07 Å². The van der Waals surface area contributed by atoms with E-state index in [2.05, 4.69) is 10.2 Å². The average Bonchev–Trinajstić information content (AvgIpc) is 2.63. The second-order valence-electron chi connectivity index (χ2n) is 4.67. The molecule has 0 saturated carbocycles. The summed E-state index contributed by atoms with van der Waals surface area (Å²) in [6, 6.07) is 8.15. The molecule has 2 heterocycles. The number of carbonyl (C=O) groups is 1. The van der Waals surface area contributed by atoms with Crippen molar-refractivity contribution >= 4 is 28.8 Å². The summed E-state index contributed by atoms with van der Waals surface area (Å²) in [6.07, 6.45) is 1.48. The van der Waals surface area contributed by atoms with E-state index in [4.69, 9.17) is 16.3 Å². The summed E-state index contributed by atoms with van der Waals surface area (Å²) in [5.41, 5.74) is -0.597. The summed E-state index contributed by atoms with van der Waals surface area (Å²) in [5, 5.41) is 26.2. The van der Waals surface area contributed by atoms with E-state index in [0.29, 0.717) is 5.52 Å². The van der Waals surface area contributed by atoms with Gasteiger partial charge in [0.05, 0.1) is 23.6 Å². The minimum atomic E-state index is -0.925. The third kappa shape index (κ3) is 3.84. The maximum Gasteiger partial charge on any atom is 0.362 e. The Labute approximate surface area is 147 Å². The van der Waals surface area contributed by atoms with Gasteiger partial charge in [0.2, 0.25) is 5.70 Å². The number of hydrogen-bond donors (Lipinski definition) is 1. The number of pyridine rings is 2. The lowest BCUT2D eigenvalue weighted by Gasteiger charge is -2.04. The molecule has 0 bridgehead atoms. The van der Waals surface area contributed by atoms with Crippen molar-refractivity contribution in [3.05, 3.63) is 57.8 Å². The Hall–Kier alpha value is -3.18. The first-order valence-corrected chi connectivity index (χ1v) is 7.68. The molecule has 0 unspecified atom stereocenters. The molecule has 0 aliphatic rings. The largest absolute Gasteiger partial charge is 0.508 e. The number of rotatable bonds is 5. The molecule has 9 heteroatoms. The first-order valence-electron chi connectivity index (χ1n) is 7.14. The van der Waals surface area contributed by atoms with Crippen LogP contribution in [0.5, 0.6) is 0 Å². The Morgan fingerprint density at radius 2 is 2.24 bits per heavy atom. The van der Waals surface area contributed by atoms with Crippen LogP contribution in [-0.4, -0.2) is 28.0 Å². The van der Waals surface area contributed by atoms with Gasteiger partial charge in [-0.3, -0.25) is 9.20 Å². The van der Waals surface area contributed by atoms with Crippen LogP contribution in [0, 0.1) is 11.3 Å². The van der Waals surface area contributed by atoms with Crippen LogP contribution >= 0.6 is 11.6 Å². The number of esters is 1. The van der Waals surface area contributed by atoms with Gasteiger partial charge in [0.1, 0.15) is 11.8 Å². The number of halogens is 1. The van der Waals surface area contributed by atoms with Crippen LogP contribution in [-0.2, 0) is 9.53 Å². The Morgan fingerprint density at radius 3 is 2.88 bits per heavy atom. The number of nitriles is 1. The summed E-state index contributed by atoms with van der Waals surface area (Å²) < 4.78 is 5.99. The van der Waals surface area contributed by atoms with Crippen LogP contribution in [0.25, 0.3) is 5.52 Å². The van der Waals surface area contributed by atoms with Crippen LogP contribution in [0.2, 0.25) is 0 Å². The second-order valence-corrected chi connectivity index (χ2v) is 4.93. The number of aliphatic hydroxyl groups is 1. The topological polar surface area (TPSA) is 117 Å². The number of ether oxygens (including phenoxy) is 1. The van der Waals surface area contributed by atoms with Gasteiger partial charge in [-0.05, 0) is 25.1 Å². The lowest BCUT2D eigenvalue weighted by Crippen LogP contribution is -2.14. The van der Waals surface area contributed by atoms with E-state index in [-0.39, 0.29) is 23.7 Å². The van der Waals surface area contributed by atoms with Gasteiger partial charge >= 0.3 is 5.97 Å². The van der Waals surface area contributed by atoms with E-state index >= 15 is 0 Å². The minimum absolute atomic E-state index is 0.0602. The van der Waals surface area contributed by atoms with Crippen molar-refractivity contribution < 1.29 is 14.6 Å². The van der Waals surface area contributed by atoms with E-state index in [1.165, 1.54) is 16.7 Å². The molecular weight excluding hydrogens is 348 g/mol. The monoisotopic (exact) mass is 360 g/mol. The smallest absolute Gasteiger partial charge is 0.362 e. The summed E-state index contributed by atoms with van der Waals surface area (Å²) in [4.78, 5) is 24.2. The predicted octanol–water partition coefficient (Wildman–Crippen LogP) is 2.83. The molecule has 0 aromatic carbocycles. The molecule has 1 N–H and O–H groups in total. The normalized spacial score (nSPS) is 12.0. The standard InChI is InChI=1S/C16H13ClN4O4/c1-2-25-16(24)14(13(22)8-17)20-19-11-7-10(9-18)12-5-3-4-6-21(12)15(11)23/h3-7,22H,2,8H2,1H3/b14-13+,20-19?. The molecule has 0 fully saturated rings. The van der Waals surface area contributed by atoms with Crippen LogP contribution in [0.3, 0.4) is 0 Å². The lowest BCUT2D eigenvalue weighted by atomic mass is 10.2. The summed E-state index contributed by atoms with van der Waals surface area (Å²) in [5.74, 6) is -1.84. The number of alkyl halides is 1. The van der Waals surface area contributed by atoms with E-state index in [1.807, 2.05) is 6.07 Å². The SMILES string of the molecule is CCOC(=O)/C(N=Nc1cc(C#N)c2ccccn2c1=O)=C(\O)CCl. The molecule has 0 amide bonds. The first-order chi connectivity index (χ1) is 12.0. The summed E-state index contributed by atoms with van der Waals surface area (Å²) in [6.45, 7) is 1.64. The fraction of sp³-hybridized carbons (Fsp3) is 0.188. The van der Waals surface area contributed by atoms with Crippen LogP contribution in [0.4, 0.5) is 5.69 Å². The van der Waals surface area contributed by atoms with E-state index in [1.54, 1.807) is 25.1 Å². The molecule has 2 aromatic rings. The van der Waals surface area contributed by atoms with Crippen LogP contribution in [0.1, 0.15) is 12.5 Å². The van der Waals surface area contributed by atoms with Crippen molar-refractivity contribution in [2.75, 3.05) is 12.5 Å². The third-order valence-electron chi connectivity index (χ3n) is 3.10. The zero-order valence-corrected chi connectivity index (χ0v) is 13.9.